The van der Waals surface area contributed by atoms with Gasteiger partial charge in [0.05, 0.1) is 12.1 Å². The summed E-state index contributed by atoms with van der Waals surface area (Å²) in [6.07, 6.45) is 3.66. The fourth-order valence-electron chi connectivity index (χ4n) is 0.919. The monoisotopic (exact) mass is 213 g/mol. The van der Waals surface area contributed by atoms with Crippen LogP contribution in [0.15, 0.2) is 5.11 Å². The first-order valence-corrected chi connectivity index (χ1v) is 5.87. The van der Waals surface area contributed by atoms with Crippen LogP contribution in [0.4, 0.5) is 0 Å². The number of hydrogen-bond donors (Lipinski definition) is 1. The van der Waals surface area contributed by atoms with E-state index in [4.69, 9.17) is 10.8 Å². The minimum Gasteiger partial charge on any atom is -0.302 e. The Bertz CT molecular complexity index is 218. The van der Waals surface area contributed by atoms with Crippen LogP contribution >= 0.6 is 11.8 Å². The molecule has 0 aliphatic carbocycles. The van der Waals surface area contributed by atoms with Gasteiger partial charge < -0.3 is 5.32 Å². The van der Waals surface area contributed by atoms with E-state index >= 15 is 0 Å². The topological polar surface area (TPSA) is 84.6 Å². The largest absolute Gasteiger partial charge is 0.302 e. The van der Waals surface area contributed by atoms with Gasteiger partial charge in [0, 0.05) is 11.5 Å². The summed E-state index contributed by atoms with van der Waals surface area (Å²) in [7, 11) is 0. The quantitative estimate of drug-likeness (QED) is 0.289. The van der Waals surface area contributed by atoms with Crippen molar-refractivity contribution in [2.24, 2.45) is 5.11 Å². The Morgan fingerprint density at radius 3 is 3.07 bits per heavy atom. The molecule has 0 spiro atoms. The summed E-state index contributed by atoms with van der Waals surface area (Å²) in [6, 6.07) is 2.12. The van der Waals surface area contributed by atoms with Crippen LogP contribution in [0.3, 0.4) is 0 Å². The number of hydrogen-bond acceptors (Lipinski definition) is 4. The van der Waals surface area contributed by atoms with Crippen LogP contribution in [0.5, 0.6) is 0 Å². The van der Waals surface area contributed by atoms with E-state index in [0.29, 0.717) is 6.54 Å². The van der Waals surface area contributed by atoms with Crippen molar-refractivity contribution in [3.05, 3.63) is 10.4 Å². The van der Waals surface area contributed by atoms with Gasteiger partial charge in [0.2, 0.25) is 0 Å². The van der Waals surface area contributed by atoms with Gasteiger partial charge in [-0.05, 0) is 36.9 Å². The first-order valence-electron chi connectivity index (χ1n) is 4.48. The molecule has 0 heterocycles. The minimum absolute atomic E-state index is 0.0754. The fourth-order valence-corrected chi connectivity index (χ4v) is 1.39. The van der Waals surface area contributed by atoms with E-state index in [1.54, 1.807) is 11.8 Å². The van der Waals surface area contributed by atoms with Crippen molar-refractivity contribution in [2.45, 2.75) is 18.9 Å². The zero-order valence-electron chi connectivity index (χ0n) is 8.31. The second-order valence-electron chi connectivity index (χ2n) is 2.73. The highest BCUT2D eigenvalue weighted by Crippen LogP contribution is 1.99. The van der Waals surface area contributed by atoms with Crippen LogP contribution in [0, 0.1) is 11.3 Å². The maximum absolute atomic E-state index is 8.75. The number of nitriles is 1. The van der Waals surface area contributed by atoms with E-state index in [-0.39, 0.29) is 6.04 Å². The van der Waals surface area contributed by atoms with Crippen molar-refractivity contribution in [3.8, 4) is 6.07 Å². The summed E-state index contributed by atoms with van der Waals surface area (Å²) in [6.45, 7) is 1.22. The Balaban J connectivity index is 3.43. The molecule has 1 unspecified atom stereocenters. The molecule has 0 saturated carbocycles. The van der Waals surface area contributed by atoms with Gasteiger partial charge in [-0.2, -0.15) is 17.0 Å². The third-order valence-corrected chi connectivity index (χ3v) is 2.30. The van der Waals surface area contributed by atoms with Crippen molar-refractivity contribution in [1.29, 1.82) is 5.26 Å². The molecule has 1 atom stereocenters. The van der Waals surface area contributed by atoms with Crippen LogP contribution in [-0.2, 0) is 0 Å². The molecule has 5 nitrogen and oxygen atoms in total. The highest BCUT2D eigenvalue weighted by atomic mass is 32.2. The number of thioether (sulfide) groups is 1. The summed E-state index contributed by atoms with van der Waals surface area (Å²) in [4.78, 5) is 2.65. The van der Waals surface area contributed by atoms with E-state index < -0.39 is 0 Å². The summed E-state index contributed by atoms with van der Waals surface area (Å²) < 4.78 is 0. The van der Waals surface area contributed by atoms with Gasteiger partial charge >= 0.3 is 0 Å². The predicted octanol–water partition coefficient (Wildman–Crippen LogP) is 1.92. The number of rotatable bonds is 8. The lowest BCUT2D eigenvalue weighted by Crippen LogP contribution is -2.29. The van der Waals surface area contributed by atoms with Crippen LogP contribution in [-0.4, -0.2) is 31.1 Å². The molecule has 0 rings (SSSR count). The molecule has 14 heavy (non-hydrogen) atoms. The second kappa shape index (κ2) is 10.2. The molecule has 78 valence electrons. The Morgan fingerprint density at radius 2 is 2.50 bits per heavy atom. The van der Waals surface area contributed by atoms with Gasteiger partial charge in [-0.3, -0.25) is 0 Å². The van der Waals surface area contributed by atoms with Gasteiger partial charge in [0.25, 0.3) is 0 Å². The molecule has 0 fully saturated rings. The van der Waals surface area contributed by atoms with Crippen LogP contribution in [0.2, 0.25) is 0 Å². The number of azide groups is 1. The lowest BCUT2D eigenvalue weighted by molar-refractivity contribution is 0.576. The number of nitrogens with one attached hydrogen (secondary N) is 1. The molecule has 0 aliphatic rings. The predicted molar refractivity (Wildman–Crippen MR) is 59.0 cm³/mol. The summed E-state index contributed by atoms with van der Waals surface area (Å²) in [5.74, 6) is 0.988. The lowest BCUT2D eigenvalue weighted by atomic mass is 10.2. The molecule has 0 aromatic carbocycles. The standard InChI is InChI=1S/C8H15N5S/c1-14-6-3-8(7-9)11-4-2-5-12-13-10/h8,11H,2-6H2,1H3. The molecule has 0 bridgehead atoms. The zero-order chi connectivity index (χ0) is 10.6. The first-order chi connectivity index (χ1) is 6.85. The van der Waals surface area contributed by atoms with Crippen molar-refractivity contribution >= 4 is 11.8 Å². The molecule has 0 aliphatic heterocycles. The maximum Gasteiger partial charge on any atom is 0.0960 e. The van der Waals surface area contributed by atoms with Gasteiger partial charge in [0.1, 0.15) is 0 Å². The fraction of sp³-hybridized carbons (Fsp3) is 0.875. The maximum atomic E-state index is 8.75. The number of nitrogens with zero attached hydrogens (tertiary/aromatic N) is 4. The summed E-state index contributed by atoms with van der Waals surface area (Å²) in [5, 5.41) is 15.3. The summed E-state index contributed by atoms with van der Waals surface area (Å²) in [5.41, 5.74) is 8.02. The molecule has 0 aromatic heterocycles. The van der Waals surface area contributed by atoms with Gasteiger partial charge in [-0.1, -0.05) is 5.11 Å². The van der Waals surface area contributed by atoms with E-state index in [1.165, 1.54) is 0 Å². The molecule has 1 N–H and O–H groups in total. The smallest absolute Gasteiger partial charge is 0.0960 e. The Hall–Kier alpha value is -0.890. The zero-order valence-corrected chi connectivity index (χ0v) is 9.13. The van der Waals surface area contributed by atoms with Crippen LogP contribution in [0.25, 0.3) is 10.4 Å². The van der Waals surface area contributed by atoms with E-state index in [2.05, 4.69) is 21.4 Å². The first kappa shape index (κ1) is 13.1. The van der Waals surface area contributed by atoms with Gasteiger partial charge in [-0.25, -0.2) is 0 Å². The molecule has 6 heteroatoms. The Morgan fingerprint density at radius 1 is 1.71 bits per heavy atom. The molecule has 0 radical (unpaired) electrons. The summed E-state index contributed by atoms with van der Waals surface area (Å²) >= 11 is 1.73. The van der Waals surface area contributed by atoms with Gasteiger partial charge in [0.15, 0.2) is 0 Å². The van der Waals surface area contributed by atoms with Crippen molar-refractivity contribution in [1.82, 2.24) is 5.32 Å². The normalized spacial score (nSPS) is 11.4. The Labute approximate surface area is 88.5 Å². The molecule has 0 aromatic rings. The average Bonchev–Trinajstić information content (AvgIpc) is 2.22. The lowest BCUT2D eigenvalue weighted by Gasteiger charge is -2.09. The Kier molecular flexibility index (Phi) is 9.54. The minimum atomic E-state index is -0.0754. The molecule has 0 amide bonds. The molecule has 0 saturated heterocycles. The molecular weight excluding hydrogens is 198 g/mol. The van der Waals surface area contributed by atoms with Crippen LogP contribution < -0.4 is 5.32 Å². The SMILES string of the molecule is CSCCC(C#N)NCCCN=[N+]=[N-]. The van der Waals surface area contributed by atoms with E-state index in [9.17, 15) is 0 Å². The van der Waals surface area contributed by atoms with E-state index in [0.717, 1.165) is 25.1 Å². The van der Waals surface area contributed by atoms with Crippen molar-refractivity contribution < 1.29 is 0 Å². The molecular formula is C8H15N5S. The average molecular weight is 213 g/mol. The van der Waals surface area contributed by atoms with Crippen LogP contribution in [0.1, 0.15) is 12.8 Å². The third kappa shape index (κ3) is 7.74. The van der Waals surface area contributed by atoms with E-state index in [1.807, 2.05) is 6.26 Å². The van der Waals surface area contributed by atoms with Gasteiger partial charge in [-0.15, -0.1) is 0 Å². The van der Waals surface area contributed by atoms with Crippen molar-refractivity contribution in [3.63, 3.8) is 0 Å². The third-order valence-electron chi connectivity index (χ3n) is 1.66. The highest BCUT2D eigenvalue weighted by Gasteiger charge is 2.04. The van der Waals surface area contributed by atoms with Crippen molar-refractivity contribution in [2.75, 3.05) is 25.1 Å². The highest BCUT2D eigenvalue weighted by molar-refractivity contribution is 7.98. The second-order valence-corrected chi connectivity index (χ2v) is 3.71.